The van der Waals surface area contributed by atoms with Gasteiger partial charge in [-0.05, 0) is 63.1 Å². The third-order valence-corrected chi connectivity index (χ3v) is 4.15. The van der Waals surface area contributed by atoms with Crippen molar-refractivity contribution in [2.24, 2.45) is 0 Å². The van der Waals surface area contributed by atoms with Gasteiger partial charge in [-0.2, -0.15) is 0 Å². The minimum absolute atomic E-state index is 0.0186. The van der Waals surface area contributed by atoms with E-state index in [0.29, 0.717) is 13.0 Å². The number of hydrogen-bond donors (Lipinski definition) is 1. The Bertz CT molecular complexity index is 548. The van der Waals surface area contributed by atoms with Crippen LogP contribution in [0.2, 0.25) is 0 Å². The first-order chi connectivity index (χ1) is 10.6. The third kappa shape index (κ3) is 4.62. The molecule has 0 unspecified atom stereocenters. The number of carbonyl (C=O) groups excluding carboxylic acids is 1. The zero-order valence-corrected chi connectivity index (χ0v) is 13.9. The highest BCUT2D eigenvalue weighted by Crippen LogP contribution is 2.21. The highest BCUT2D eigenvalue weighted by atomic mass is 16.5. The molecule has 0 heterocycles. The first-order valence-electron chi connectivity index (χ1n) is 8.29. The molecule has 0 bridgehead atoms. The Morgan fingerprint density at radius 3 is 2.82 bits per heavy atom. The van der Waals surface area contributed by atoms with Gasteiger partial charge < -0.3 is 10.1 Å². The van der Waals surface area contributed by atoms with Gasteiger partial charge in [-0.1, -0.05) is 30.7 Å². The van der Waals surface area contributed by atoms with Crippen LogP contribution in [0, 0.1) is 13.8 Å². The van der Waals surface area contributed by atoms with Crippen LogP contribution in [0.5, 0.6) is 5.75 Å². The molecule has 0 aliphatic heterocycles. The number of aryl methyl sites for hydroxylation is 2. The maximum atomic E-state index is 12.4. The van der Waals surface area contributed by atoms with Crippen LogP contribution in [0.3, 0.4) is 0 Å². The van der Waals surface area contributed by atoms with E-state index in [4.69, 9.17) is 4.74 Å². The number of amides is 1. The fraction of sp³-hybridized carbons (Fsp3) is 0.526. The normalized spacial score (nSPS) is 15.9. The van der Waals surface area contributed by atoms with Gasteiger partial charge in [0, 0.05) is 6.54 Å². The lowest BCUT2D eigenvalue weighted by Crippen LogP contribution is -2.39. The SMILES string of the molecule is CC[C@@H](Oc1cc(C)ccc1C)C(=O)NCC1=CCCCC1. The van der Waals surface area contributed by atoms with Crippen molar-refractivity contribution in [3.63, 3.8) is 0 Å². The number of hydrogen-bond acceptors (Lipinski definition) is 2. The molecule has 1 aromatic rings. The molecule has 1 aliphatic carbocycles. The second-order valence-electron chi connectivity index (χ2n) is 6.11. The van der Waals surface area contributed by atoms with Gasteiger partial charge in [-0.15, -0.1) is 0 Å². The quantitative estimate of drug-likeness (QED) is 0.804. The summed E-state index contributed by atoms with van der Waals surface area (Å²) in [5.74, 6) is 0.786. The van der Waals surface area contributed by atoms with Crippen LogP contribution in [-0.2, 0) is 4.79 Å². The Kier molecular flexibility index (Phi) is 6.05. The molecule has 3 heteroatoms. The Morgan fingerprint density at radius 2 is 2.14 bits per heavy atom. The van der Waals surface area contributed by atoms with Gasteiger partial charge in [0.2, 0.25) is 0 Å². The molecule has 1 amide bonds. The third-order valence-electron chi connectivity index (χ3n) is 4.15. The molecule has 0 aromatic heterocycles. The summed E-state index contributed by atoms with van der Waals surface area (Å²) in [5, 5.41) is 3.03. The molecule has 1 aliphatic rings. The van der Waals surface area contributed by atoms with Crippen LogP contribution in [0.25, 0.3) is 0 Å². The van der Waals surface area contributed by atoms with Gasteiger partial charge in [0.15, 0.2) is 6.10 Å². The fourth-order valence-electron chi connectivity index (χ4n) is 2.69. The van der Waals surface area contributed by atoms with Crippen molar-refractivity contribution < 1.29 is 9.53 Å². The minimum atomic E-state index is -0.426. The number of allylic oxidation sites excluding steroid dienone is 1. The minimum Gasteiger partial charge on any atom is -0.480 e. The van der Waals surface area contributed by atoms with Crippen LogP contribution < -0.4 is 10.1 Å². The monoisotopic (exact) mass is 301 g/mol. The van der Waals surface area contributed by atoms with Crippen LogP contribution in [0.4, 0.5) is 0 Å². The van der Waals surface area contributed by atoms with E-state index < -0.39 is 6.10 Å². The van der Waals surface area contributed by atoms with E-state index in [1.54, 1.807) is 0 Å². The fourth-order valence-corrected chi connectivity index (χ4v) is 2.69. The number of nitrogens with one attached hydrogen (secondary N) is 1. The van der Waals surface area contributed by atoms with Crippen molar-refractivity contribution >= 4 is 5.91 Å². The summed E-state index contributed by atoms with van der Waals surface area (Å²) in [5.41, 5.74) is 3.55. The van der Waals surface area contributed by atoms with Crippen LogP contribution in [0.15, 0.2) is 29.8 Å². The van der Waals surface area contributed by atoms with Gasteiger partial charge in [0.1, 0.15) is 5.75 Å². The Labute approximate surface area is 133 Å². The molecular weight excluding hydrogens is 274 g/mol. The van der Waals surface area contributed by atoms with Gasteiger partial charge in [0.25, 0.3) is 5.91 Å². The summed E-state index contributed by atoms with van der Waals surface area (Å²) in [6, 6.07) is 6.08. The first kappa shape index (κ1) is 16.6. The molecule has 1 N–H and O–H groups in total. The lowest BCUT2D eigenvalue weighted by Gasteiger charge is -2.20. The summed E-state index contributed by atoms with van der Waals surface area (Å²) in [4.78, 5) is 12.4. The van der Waals surface area contributed by atoms with E-state index in [0.717, 1.165) is 29.7 Å². The maximum absolute atomic E-state index is 12.4. The molecular formula is C19H27NO2. The lowest BCUT2D eigenvalue weighted by molar-refractivity contribution is -0.127. The average molecular weight is 301 g/mol. The van der Waals surface area contributed by atoms with Gasteiger partial charge in [-0.25, -0.2) is 0 Å². The van der Waals surface area contributed by atoms with E-state index in [1.807, 2.05) is 32.9 Å². The molecule has 0 saturated heterocycles. The second kappa shape index (κ2) is 8.02. The van der Waals surface area contributed by atoms with Crippen molar-refractivity contribution in [2.75, 3.05) is 6.54 Å². The number of ether oxygens (including phenoxy) is 1. The zero-order valence-electron chi connectivity index (χ0n) is 13.9. The van der Waals surface area contributed by atoms with Crippen LogP contribution in [0.1, 0.15) is 50.2 Å². The summed E-state index contributed by atoms with van der Waals surface area (Å²) < 4.78 is 5.95. The van der Waals surface area contributed by atoms with Crippen LogP contribution >= 0.6 is 0 Å². The maximum Gasteiger partial charge on any atom is 0.261 e. The van der Waals surface area contributed by atoms with Crippen molar-refractivity contribution in [1.29, 1.82) is 0 Å². The molecule has 1 atom stereocenters. The Hall–Kier alpha value is -1.77. The largest absolute Gasteiger partial charge is 0.480 e. The number of benzene rings is 1. The van der Waals surface area contributed by atoms with Crippen molar-refractivity contribution in [3.05, 3.63) is 41.0 Å². The second-order valence-corrected chi connectivity index (χ2v) is 6.11. The highest BCUT2D eigenvalue weighted by Gasteiger charge is 2.19. The molecule has 120 valence electrons. The van der Waals surface area contributed by atoms with Gasteiger partial charge in [0.05, 0.1) is 0 Å². The summed E-state index contributed by atoms with van der Waals surface area (Å²) in [6.45, 7) is 6.68. The topological polar surface area (TPSA) is 38.3 Å². The molecule has 3 nitrogen and oxygen atoms in total. The predicted octanol–water partition coefficient (Wildman–Crippen LogP) is 4.08. The van der Waals surface area contributed by atoms with E-state index >= 15 is 0 Å². The van der Waals surface area contributed by atoms with Gasteiger partial charge in [-0.3, -0.25) is 4.79 Å². The summed E-state index contributed by atoms with van der Waals surface area (Å²) in [7, 11) is 0. The molecule has 0 radical (unpaired) electrons. The molecule has 0 spiro atoms. The van der Waals surface area contributed by atoms with Gasteiger partial charge >= 0.3 is 0 Å². The van der Waals surface area contributed by atoms with Crippen molar-refractivity contribution in [3.8, 4) is 5.75 Å². The Morgan fingerprint density at radius 1 is 1.32 bits per heavy atom. The lowest BCUT2D eigenvalue weighted by atomic mass is 9.99. The van der Waals surface area contributed by atoms with Crippen molar-refractivity contribution in [2.45, 2.75) is 59.0 Å². The number of rotatable bonds is 6. The standard InChI is InChI=1S/C19H27NO2/c1-4-17(22-18-12-14(2)10-11-15(18)3)19(21)20-13-16-8-6-5-7-9-16/h8,10-12,17H,4-7,9,13H2,1-3H3,(H,20,21)/t17-/m1/s1. The number of carbonyl (C=O) groups is 1. The molecule has 1 aromatic carbocycles. The molecule has 0 saturated carbocycles. The smallest absolute Gasteiger partial charge is 0.261 e. The average Bonchev–Trinajstić information content (AvgIpc) is 2.54. The molecule has 2 rings (SSSR count). The van der Waals surface area contributed by atoms with E-state index in [9.17, 15) is 4.79 Å². The van der Waals surface area contributed by atoms with Crippen LogP contribution in [-0.4, -0.2) is 18.6 Å². The van der Waals surface area contributed by atoms with E-state index in [-0.39, 0.29) is 5.91 Å². The zero-order chi connectivity index (χ0) is 15.9. The first-order valence-corrected chi connectivity index (χ1v) is 8.29. The van der Waals surface area contributed by atoms with E-state index in [2.05, 4.69) is 17.5 Å². The van der Waals surface area contributed by atoms with Crippen molar-refractivity contribution in [1.82, 2.24) is 5.32 Å². The molecule has 22 heavy (non-hydrogen) atoms. The molecule has 0 fully saturated rings. The highest BCUT2D eigenvalue weighted by molar-refractivity contribution is 5.81. The van der Waals surface area contributed by atoms with E-state index in [1.165, 1.54) is 18.4 Å². The Balaban J connectivity index is 1.93. The summed E-state index contributed by atoms with van der Waals surface area (Å²) >= 11 is 0. The predicted molar refractivity (Wildman–Crippen MR) is 90.2 cm³/mol. The summed E-state index contributed by atoms with van der Waals surface area (Å²) in [6.07, 6.45) is 7.25.